The van der Waals surface area contributed by atoms with E-state index in [4.69, 9.17) is 5.73 Å². The van der Waals surface area contributed by atoms with Crippen LogP contribution in [0.1, 0.15) is 13.8 Å². The van der Waals surface area contributed by atoms with Crippen LogP contribution in [-0.2, 0) is 9.59 Å². The summed E-state index contributed by atoms with van der Waals surface area (Å²) in [6.07, 6.45) is 0. The number of carbonyl (C=O) groups is 2. The van der Waals surface area contributed by atoms with Crippen molar-refractivity contribution in [2.75, 3.05) is 0 Å². The second-order valence-electron chi connectivity index (χ2n) is 2.96. The zero-order chi connectivity index (χ0) is 9.30. The molecule has 5 nitrogen and oxygen atoms in total. The maximum absolute atomic E-state index is 11.0. The molecular formula is C7H11N3O2. The zero-order valence-electron chi connectivity index (χ0n) is 7.00. The van der Waals surface area contributed by atoms with Crippen molar-refractivity contribution in [3.63, 3.8) is 0 Å². The minimum Gasteiger partial charge on any atom is -0.312 e. The van der Waals surface area contributed by atoms with Gasteiger partial charge in [0.1, 0.15) is 5.84 Å². The predicted molar refractivity (Wildman–Crippen MR) is 43.4 cm³/mol. The monoisotopic (exact) mass is 169 g/mol. The summed E-state index contributed by atoms with van der Waals surface area (Å²) in [4.78, 5) is 25.6. The van der Waals surface area contributed by atoms with E-state index in [-0.39, 0.29) is 5.92 Å². The van der Waals surface area contributed by atoms with Crippen molar-refractivity contribution in [2.24, 2.45) is 16.6 Å². The van der Waals surface area contributed by atoms with Gasteiger partial charge in [-0.3, -0.25) is 9.59 Å². The van der Waals surface area contributed by atoms with Crippen molar-refractivity contribution in [1.82, 2.24) is 5.32 Å². The van der Waals surface area contributed by atoms with Crippen LogP contribution in [0.25, 0.3) is 0 Å². The van der Waals surface area contributed by atoms with E-state index in [0.29, 0.717) is 5.84 Å². The smallest absolute Gasteiger partial charge is 0.273 e. The summed E-state index contributed by atoms with van der Waals surface area (Å²) in [6.45, 7) is 3.67. The molecule has 1 aliphatic heterocycles. The Morgan fingerprint density at radius 1 is 1.50 bits per heavy atom. The molecule has 1 rings (SSSR count). The molecular weight excluding hydrogens is 158 g/mol. The second kappa shape index (κ2) is 3.02. The van der Waals surface area contributed by atoms with Gasteiger partial charge in [-0.2, -0.15) is 4.99 Å². The highest BCUT2D eigenvalue weighted by atomic mass is 16.2. The third-order valence-electron chi connectivity index (χ3n) is 1.58. The van der Waals surface area contributed by atoms with Gasteiger partial charge in [-0.15, -0.1) is 0 Å². The average molecular weight is 169 g/mol. The summed E-state index contributed by atoms with van der Waals surface area (Å²) >= 11 is 0. The number of amides is 2. The predicted octanol–water partition coefficient (Wildman–Crippen LogP) is -0.975. The topological polar surface area (TPSA) is 84.6 Å². The molecule has 0 aromatic carbocycles. The van der Waals surface area contributed by atoms with E-state index in [1.54, 1.807) is 0 Å². The minimum atomic E-state index is -1.13. The van der Waals surface area contributed by atoms with Crippen molar-refractivity contribution in [3.05, 3.63) is 0 Å². The van der Waals surface area contributed by atoms with Crippen LogP contribution in [-0.4, -0.2) is 23.7 Å². The molecule has 1 unspecified atom stereocenters. The van der Waals surface area contributed by atoms with E-state index >= 15 is 0 Å². The van der Waals surface area contributed by atoms with Gasteiger partial charge in [0.15, 0.2) is 6.04 Å². The summed E-state index contributed by atoms with van der Waals surface area (Å²) in [5, 5.41) is 2.46. The molecule has 0 radical (unpaired) electrons. The van der Waals surface area contributed by atoms with Crippen LogP contribution >= 0.6 is 0 Å². The lowest BCUT2D eigenvalue weighted by Crippen LogP contribution is -2.53. The molecule has 0 aliphatic carbocycles. The largest absolute Gasteiger partial charge is 0.312 e. The van der Waals surface area contributed by atoms with Crippen LogP contribution in [0.5, 0.6) is 0 Å². The molecule has 66 valence electrons. The highest BCUT2D eigenvalue weighted by Crippen LogP contribution is 2.01. The molecule has 1 aliphatic rings. The molecule has 12 heavy (non-hydrogen) atoms. The number of nitrogens with one attached hydrogen (secondary N) is 1. The van der Waals surface area contributed by atoms with Gasteiger partial charge in [-0.05, 0) is 0 Å². The normalized spacial score (nSPS) is 24.0. The number of hydrogen-bond acceptors (Lipinski definition) is 3. The van der Waals surface area contributed by atoms with Crippen LogP contribution < -0.4 is 11.1 Å². The lowest BCUT2D eigenvalue weighted by atomic mass is 10.1. The van der Waals surface area contributed by atoms with Gasteiger partial charge in [-0.1, -0.05) is 13.8 Å². The van der Waals surface area contributed by atoms with Gasteiger partial charge >= 0.3 is 0 Å². The molecule has 0 fully saturated rings. The third kappa shape index (κ3) is 1.50. The summed E-state index contributed by atoms with van der Waals surface area (Å²) in [7, 11) is 0. The Balaban J connectivity index is 2.89. The van der Waals surface area contributed by atoms with Crippen LogP contribution in [0.2, 0.25) is 0 Å². The van der Waals surface area contributed by atoms with Gasteiger partial charge < -0.3 is 11.1 Å². The lowest BCUT2D eigenvalue weighted by molar-refractivity contribution is -0.129. The fourth-order valence-electron chi connectivity index (χ4n) is 0.806. The average Bonchev–Trinajstić information content (AvgIpc) is 1.99. The third-order valence-corrected chi connectivity index (χ3v) is 1.58. The quantitative estimate of drug-likeness (QED) is 0.495. The maximum atomic E-state index is 11.0. The first-order chi connectivity index (χ1) is 5.52. The molecule has 5 heteroatoms. The number of hydrogen-bond donors (Lipinski definition) is 2. The van der Waals surface area contributed by atoms with Gasteiger partial charge in [0, 0.05) is 5.92 Å². The fourth-order valence-corrected chi connectivity index (χ4v) is 0.806. The van der Waals surface area contributed by atoms with Crippen molar-refractivity contribution >= 4 is 17.6 Å². The molecule has 1 heterocycles. The summed E-state index contributed by atoms with van der Waals surface area (Å²) in [6, 6.07) is -1.13. The lowest BCUT2D eigenvalue weighted by Gasteiger charge is -2.18. The molecule has 0 saturated carbocycles. The number of aliphatic imine (C=N–C) groups is 1. The number of rotatable bonds is 1. The van der Waals surface area contributed by atoms with E-state index in [9.17, 15) is 9.59 Å². The fraction of sp³-hybridized carbons (Fsp3) is 0.571. The Bertz CT molecular complexity index is 257. The number of carbonyl (C=O) groups excluding carboxylic acids is 2. The van der Waals surface area contributed by atoms with E-state index in [2.05, 4.69) is 10.3 Å². The molecule has 2 amide bonds. The first-order valence-electron chi connectivity index (χ1n) is 3.71. The van der Waals surface area contributed by atoms with Crippen molar-refractivity contribution < 1.29 is 9.59 Å². The van der Waals surface area contributed by atoms with Gasteiger partial charge in [0.25, 0.3) is 11.8 Å². The van der Waals surface area contributed by atoms with E-state index in [1.807, 2.05) is 13.8 Å². The number of nitrogens with zero attached hydrogens (tertiary/aromatic N) is 1. The molecule has 0 saturated heterocycles. The molecule has 0 bridgehead atoms. The van der Waals surface area contributed by atoms with Crippen molar-refractivity contribution in [1.29, 1.82) is 0 Å². The summed E-state index contributed by atoms with van der Waals surface area (Å²) in [5.41, 5.74) is 5.22. The van der Waals surface area contributed by atoms with Crippen LogP contribution in [0, 0.1) is 5.92 Å². The second-order valence-corrected chi connectivity index (χ2v) is 2.96. The molecule has 1 atom stereocenters. The Morgan fingerprint density at radius 3 is 2.50 bits per heavy atom. The summed E-state index contributed by atoms with van der Waals surface area (Å²) in [5.74, 6) is -0.613. The van der Waals surface area contributed by atoms with Gasteiger partial charge in [0.05, 0.1) is 0 Å². The van der Waals surface area contributed by atoms with Crippen LogP contribution in [0.4, 0.5) is 0 Å². The minimum absolute atomic E-state index is 0.0328. The first-order valence-corrected chi connectivity index (χ1v) is 3.71. The molecule has 0 aromatic heterocycles. The number of amidine groups is 1. The Kier molecular flexibility index (Phi) is 2.23. The van der Waals surface area contributed by atoms with Gasteiger partial charge in [-0.25, -0.2) is 0 Å². The van der Waals surface area contributed by atoms with Crippen LogP contribution in [0.15, 0.2) is 4.99 Å². The molecule has 0 spiro atoms. The standard InChI is InChI=1S/C7H11N3O2/c1-3(2)5-9-6(11)4(8)7(12)10-5/h3-4H,8H2,1-2H3,(H,9,10,11,12). The molecule has 3 N–H and O–H groups in total. The first kappa shape index (κ1) is 8.86. The number of nitrogens with two attached hydrogens (primary N) is 1. The Labute approximate surface area is 70.0 Å². The highest BCUT2D eigenvalue weighted by molar-refractivity contribution is 6.18. The highest BCUT2D eigenvalue weighted by Gasteiger charge is 2.28. The maximum Gasteiger partial charge on any atom is 0.273 e. The van der Waals surface area contributed by atoms with Crippen LogP contribution in [0.3, 0.4) is 0 Å². The van der Waals surface area contributed by atoms with E-state index in [0.717, 1.165) is 0 Å². The zero-order valence-corrected chi connectivity index (χ0v) is 7.00. The summed E-state index contributed by atoms with van der Waals surface area (Å²) < 4.78 is 0. The van der Waals surface area contributed by atoms with Gasteiger partial charge in [0.2, 0.25) is 0 Å². The Morgan fingerprint density at radius 2 is 2.08 bits per heavy atom. The van der Waals surface area contributed by atoms with Crippen molar-refractivity contribution in [2.45, 2.75) is 19.9 Å². The van der Waals surface area contributed by atoms with E-state index in [1.165, 1.54) is 0 Å². The van der Waals surface area contributed by atoms with Crippen molar-refractivity contribution in [3.8, 4) is 0 Å². The SMILES string of the molecule is CC(C)C1=NC(=O)C(N)C(=O)N1. The molecule has 0 aromatic rings. The Hall–Kier alpha value is -1.23. The van der Waals surface area contributed by atoms with E-state index < -0.39 is 17.9 Å².